The van der Waals surface area contributed by atoms with Crippen molar-refractivity contribution < 1.29 is 4.79 Å². The van der Waals surface area contributed by atoms with Crippen molar-refractivity contribution in [2.45, 2.75) is 52.0 Å². The number of piperidine rings is 1. The average Bonchev–Trinajstić information content (AvgIpc) is 3.01. The minimum Gasteiger partial charge on any atom is -0.358 e. The normalized spacial score (nSPS) is 21.2. The van der Waals surface area contributed by atoms with E-state index >= 15 is 0 Å². The summed E-state index contributed by atoms with van der Waals surface area (Å²) in [6.45, 7) is 11.4. The Morgan fingerprint density at radius 3 is 2.81 bits per heavy atom. The number of carbonyl (C=O) groups excluding carboxylic acids is 1. The van der Waals surface area contributed by atoms with Gasteiger partial charge in [0, 0.05) is 36.8 Å². The highest BCUT2D eigenvalue weighted by atomic mass is 16.1. The van der Waals surface area contributed by atoms with E-state index in [-0.39, 0.29) is 11.9 Å². The maximum Gasteiger partial charge on any atom is 0.253 e. The van der Waals surface area contributed by atoms with Crippen LogP contribution < -0.4 is 5.32 Å². The lowest BCUT2D eigenvalue weighted by molar-refractivity contribution is 0.0915. The van der Waals surface area contributed by atoms with Crippen molar-refractivity contribution in [3.8, 4) is 0 Å². The topological polar surface area (TPSA) is 48.1 Å². The summed E-state index contributed by atoms with van der Waals surface area (Å²) < 4.78 is 0. The summed E-state index contributed by atoms with van der Waals surface area (Å²) in [5.74, 6) is 0.781. The number of amides is 1. The van der Waals surface area contributed by atoms with Crippen LogP contribution in [0.25, 0.3) is 10.9 Å². The molecule has 2 aliphatic rings. The number of likely N-dealkylation sites (tertiary alicyclic amines) is 1. The van der Waals surface area contributed by atoms with Crippen LogP contribution in [0.3, 0.4) is 0 Å². The number of carbonyl (C=O) groups is 1. The van der Waals surface area contributed by atoms with Gasteiger partial charge < -0.3 is 10.3 Å². The van der Waals surface area contributed by atoms with Crippen LogP contribution in [-0.4, -0.2) is 41.5 Å². The Balaban J connectivity index is 1.48. The first-order chi connectivity index (χ1) is 13.0. The first-order valence-corrected chi connectivity index (χ1v) is 10.3. The van der Waals surface area contributed by atoms with Gasteiger partial charge in [0.05, 0.1) is 11.1 Å². The van der Waals surface area contributed by atoms with E-state index in [0.29, 0.717) is 0 Å². The fourth-order valence-corrected chi connectivity index (χ4v) is 4.68. The quantitative estimate of drug-likeness (QED) is 0.803. The predicted molar refractivity (Wildman–Crippen MR) is 111 cm³/mol. The zero-order valence-corrected chi connectivity index (χ0v) is 16.6. The molecule has 1 saturated heterocycles. The summed E-state index contributed by atoms with van der Waals surface area (Å²) in [6.07, 6.45) is 5.45. The third kappa shape index (κ3) is 3.81. The fourth-order valence-electron chi connectivity index (χ4n) is 4.68. The largest absolute Gasteiger partial charge is 0.358 e. The Kier molecular flexibility index (Phi) is 5.09. The van der Waals surface area contributed by atoms with Gasteiger partial charge in [0.15, 0.2) is 0 Å². The van der Waals surface area contributed by atoms with E-state index in [9.17, 15) is 4.79 Å². The maximum atomic E-state index is 13.0. The SMILES string of the molecule is C=C(C)CN1CCC(NC(=O)c2cccc3c4c([nH]c23)CCC(C)C4)CC1. The predicted octanol–water partition coefficient (Wildman–Crippen LogP) is 4.06. The second kappa shape index (κ2) is 7.51. The molecule has 1 unspecified atom stereocenters. The molecule has 1 aliphatic carbocycles. The Morgan fingerprint density at radius 1 is 1.30 bits per heavy atom. The molecule has 2 aromatic rings. The molecule has 27 heavy (non-hydrogen) atoms. The second-order valence-corrected chi connectivity index (χ2v) is 8.64. The summed E-state index contributed by atoms with van der Waals surface area (Å²) in [5, 5.41) is 4.52. The molecule has 4 rings (SSSR count). The molecular weight excluding hydrogens is 334 g/mol. The van der Waals surface area contributed by atoms with Gasteiger partial charge in [-0.2, -0.15) is 0 Å². The van der Waals surface area contributed by atoms with Crippen molar-refractivity contribution in [3.63, 3.8) is 0 Å². The van der Waals surface area contributed by atoms with Gasteiger partial charge in [-0.15, -0.1) is 0 Å². The molecule has 0 radical (unpaired) electrons. The molecule has 2 heterocycles. The minimum atomic E-state index is 0.0607. The minimum absolute atomic E-state index is 0.0607. The molecule has 0 saturated carbocycles. The molecule has 1 aliphatic heterocycles. The van der Waals surface area contributed by atoms with Crippen LogP contribution >= 0.6 is 0 Å². The Labute approximate surface area is 162 Å². The van der Waals surface area contributed by atoms with E-state index in [1.165, 1.54) is 28.6 Å². The molecule has 1 aromatic carbocycles. The third-order valence-electron chi connectivity index (χ3n) is 6.13. The number of aryl methyl sites for hydroxylation is 1. The number of fused-ring (bicyclic) bond motifs is 3. The number of hydrogen-bond acceptors (Lipinski definition) is 2. The summed E-state index contributed by atoms with van der Waals surface area (Å²) in [5.41, 5.74) is 5.77. The zero-order valence-electron chi connectivity index (χ0n) is 16.6. The van der Waals surface area contributed by atoms with E-state index in [4.69, 9.17) is 0 Å². The van der Waals surface area contributed by atoms with Gasteiger partial charge in [0.25, 0.3) is 5.91 Å². The van der Waals surface area contributed by atoms with Crippen molar-refractivity contribution in [1.82, 2.24) is 15.2 Å². The molecule has 4 heteroatoms. The summed E-state index contributed by atoms with van der Waals surface area (Å²) in [7, 11) is 0. The van der Waals surface area contributed by atoms with Crippen molar-refractivity contribution in [1.29, 1.82) is 0 Å². The van der Waals surface area contributed by atoms with Crippen molar-refractivity contribution in [3.05, 3.63) is 47.2 Å². The van der Waals surface area contributed by atoms with Crippen LogP contribution in [0.1, 0.15) is 54.7 Å². The van der Waals surface area contributed by atoms with Crippen LogP contribution in [-0.2, 0) is 12.8 Å². The number of hydrogen-bond donors (Lipinski definition) is 2. The number of benzene rings is 1. The van der Waals surface area contributed by atoms with Crippen molar-refractivity contribution in [2.75, 3.05) is 19.6 Å². The molecule has 2 N–H and O–H groups in total. The van der Waals surface area contributed by atoms with Gasteiger partial charge in [0.1, 0.15) is 0 Å². The molecule has 1 fully saturated rings. The molecule has 4 nitrogen and oxygen atoms in total. The van der Waals surface area contributed by atoms with E-state index in [1.807, 2.05) is 12.1 Å². The number of aromatic amines is 1. The molecule has 0 spiro atoms. The van der Waals surface area contributed by atoms with E-state index in [0.717, 1.165) is 62.3 Å². The average molecular weight is 366 g/mol. The summed E-state index contributed by atoms with van der Waals surface area (Å²) >= 11 is 0. The van der Waals surface area contributed by atoms with Crippen LogP contribution in [0, 0.1) is 5.92 Å². The lowest BCUT2D eigenvalue weighted by Gasteiger charge is -2.32. The summed E-state index contributed by atoms with van der Waals surface area (Å²) in [4.78, 5) is 19.0. The van der Waals surface area contributed by atoms with E-state index < -0.39 is 0 Å². The van der Waals surface area contributed by atoms with Crippen LogP contribution in [0.2, 0.25) is 0 Å². The number of rotatable bonds is 4. The molecule has 1 atom stereocenters. The smallest absolute Gasteiger partial charge is 0.253 e. The standard InChI is InChI=1S/C23H31N3O/c1-15(2)14-26-11-9-17(10-12-26)24-23(27)19-6-4-5-18-20-13-16(3)7-8-21(20)25-22(18)19/h4-6,16-17,25H,1,7-14H2,2-3H3,(H,24,27). The highest BCUT2D eigenvalue weighted by molar-refractivity contribution is 6.07. The first-order valence-electron chi connectivity index (χ1n) is 10.3. The molecule has 0 bridgehead atoms. The monoisotopic (exact) mass is 365 g/mol. The highest BCUT2D eigenvalue weighted by Crippen LogP contribution is 2.33. The third-order valence-corrected chi connectivity index (χ3v) is 6.13. The van der Waals surface area contributed by atoms with Gasteiger partial charge in [-0.25, -0.2) is 0 Å². The molecule has 144 valence electrons. The van der Waals surface area contributed by atoms with Gasteiger partial charge in [-0.1, -0.05) is 31.2 Å². The van der Waals surface area contributed by atoms with Crippen LogP contribution in [0.15, 0.2) is 30.4 Å². The lowest BCUT2D eigenvalue weighted by Crippen LogP contribution is -2.45. The van der Waals surface area contributed by atoms with Gasteiger partial charge in [0.2, 0.25) is 0 Å². The number of para-hydroxylation sites is 1. The van der Waals surface area contributed by atoms with Crippen molar-refractivity contribution in [2.24, 2.45) is 5.92 Å². The Hall–Kier alpha value is -2.07. The van der Waals surface area contributed by atoms with Gasteiger partial charge in [-0.3, -0.25) is 9.69 Å². The molecule has 1 amide bonds. The van der Waals surface area contributed by atoms with E-state index in [1.54, 1.807) is 0 Å². The number of nitrogens with one attached hydrogen (secondary N) is 2. The van der Waals surface area contributed by atoms with Gasteiger partial charge >= 0.3 is 0 Å². The van der Waals surface area contributed by atoms with E-state index in [2.05, 4.69) is 41.7 Å². The zero-order chi connectivity index (χ0) is 19.0. The molecular formula is C23H31N3O. The number of H-pyrrole nitrogens is 1. The fraction of sp³-hybridized carbons (Fsp3) is 0.522. The summed E-state index contributed by atoms with van der Waals surface area (Å²) in [6, 6.07) is 6.41. The Bertz CT molecular complexity index is 858. The molecule has 1 aromatic heterocycles. The second-order valence-electron chi connectivity index (χ2n) is 8.64. The lowest BCUT2D eigenvalue weighted by atomic mass is 9.87. The maximum absolute atomic E-state index is 13.0. The Morgan fingerprint density at radius 2 is 2.07 bits per heavy atom. The van der Waals surface area contributed by atoms with Crippen LogP contribution in [0.5, 0.6) is 0 Å². The van der Waals surface area contributed by atoms with Crippen molar-refractivity contribution >= 4 is 16.8 Å². The first kappa shape index (κ1) is 18.3. The van der Waals surface area contributed by atoms with Crippen LogP contribution in [0.4, 0.5) is 0 Å². The number of nitrogens with zero attached hydrogens (tertiary/aromatic N) is 1. The number of aromatic nitrogens is 1. The van der Waals surface area contributed by atoms with Gasteiger partial charge in [-0.05, 0) is 56.6 Å². The highest BCUT2D eigenvalue weighted by Gasteiger charge is 2.24.